The van der Waals surface area contributed by atoms with E-state index in [9.17, 15) is 9.90 Å². The molecule has 0 aliphatic carbocycles. The molecule has 1 aromatic heterocycles. The van der Waals surface area contributed by atoms with Crippen LogP contribution in [-0.4, -0.2) is 52.7 Å². The molecular formula is C23H20ClFN4O2S. The number of rotatable bonds is 3. The minimum absolute atomic E-state index is 0.0858. The molecule has 1 unspecified atom stereocenters. The first kappa shape index (κ1) is 20.9. The van der Waals surface area contributed by atoms with E-state index in [0.717, 1.165) is 10.6 Å². The van der Waals surface area contributed by atoms with Crippen LogP contribution in [-0.2, 0) is 4.79 Å². The van der Waals surface area contributed by atoms with Crippen molar-refractivity contribution in [2.75, 3.05) is 36.4 Å². The van der Waals surface area contributed by atoms with Crippen molar-refractivity contribution >= 4 is 56.7 Å². The van der Waals surface area contributed by atoms with Gasteiger partial charge in [-0.05, 0) is 35.3 Å². The zero-order chi connectivity index (χ0) is 22.4. The number of hydrogen-bond donors (Lipinski definition) is 2. The van der Waals surface area contributed by atoms with Crippen LogP contribution in [0.4, 0.5) is 15.1 Å². The zero-order valence-electron chi connectivity index (χ0n) is 17.0. The number of halogens is 2. The number of carbonyl (C=O) groups is 1. The van der Waals surface area contributed by atoms with Crippen molar-refractivity contribution in [3.05, 3.63) is 59.4 Å². The predicted molar refractivity (Wildman–Crippen MR) is 128 cm³/mol. The van der Waals surface area contributed by atoms with Gasteiger partial charge in [0.15, 0.2) is 5.82 Å². The Balaban J connectivity index is 1.54. The first-order valence-electron chi connectivity index (χ1n) is 10.2. The molecule has 1 saturated heterocycles. The van der Waals surface area contributed by atoms with Gasteiger partial charge in [-0.25, -0.2) is 4.39 Å². The Hall–Kier alpha value is -2.94. The van der Waals surface area contributed by atoms with E-state index < -0.39 is 12.0 Å². The van der Waals surface area contributed by atoms with Crippen molar-refractivity contribution in [3.8, 4) is 11.1 Å². The van der Waals surface area contributed by atoms with Crippen LogP contribution in [0.3, 0.4) is 0 Å². The number of carbonyl (C=O) groups excluding carboxylic acids is 1. The lowest BCUT2D eigenvalue weighted by molar-refractivity contribution is -0.126. The van der Waals surface area contributed by atoms with Crippen molar-refractivity contribution in [1.29, 1.82) is 0 Å². The second kappa shape index (κ2) is 8.20. The van der Waals surface area contributed by atoms with Crippen LogP contribution < -0.4 is 10.2 Å². The molecule has 0 saturated carbocycles. The average molecular weight is 471 g/mol. The van der Waals surface area contributed by atoms with E-state index in [1.165, 1.54) is 17.6 Å². The van der Waals surface area contributed by atoms with Crippen LogP contribution in [0, 0.1) is 5.82 Å². The molecule has 3 heterocycles. The molecular weight excluding hydrogens is 451 g/mol. The maximum absolute atomic E-state index is 15.7. The first-order valence-corrected chi connectivity index (χ1v) is 11.3. The number of aliphatic hydroxyl groups is 1. The van der Waals surface area contributed by atoms with Crippen LogP contribution >= 0.6 is 23.1 Å². The summed E-state index contributed by atoms with van der Waals surface area (Å²) in [5.41, 5.74) is 2.56. The average Bonchev–Trinajstić information content (AvgIpc) is 3.23. The summed E-state index contributed by atoms with van der Waals surface area (Å²) in [5, 5.41) is 14.7. The van der Waals surface area contributed by atoms with Crippen LogP contribution in [0.2, 0.25) is 5.02 Å². The Kier molecular flexibility index (Phi) is 5.36. The molecule has 0 spiro atoms. The second-order valence-electron chi connectivity index (χ2n) is 7.67. The van der Waals surface area contributed by atoms with Crippen LogP contribution in [0.25, 0.3) is 28.1 Å². The summed E-state index contributed by atoms with van der Waals surface area (Å²) in [6.45, 7) is 5.92. The Labute approximate surface area is 193 Å². The van der Waals surface area contributed by atoms with E-state index in [1.54, 1.807) is 29.2 Å². The molecule has 6 nitrogen and oxygen atoms in total. The zero-order valence-corrected chi connectivity index (χ0v) is 18.6. The minimum Gasteiger partial charge on any atom is -0.370 e. The third-order valence-corrected chi connectivity index (χ3v) is 7.04. The van der Waals surface area contributed by atoms with Crippen molar-refractivity contribution < 1.29 is 14.3 Å². The number of piperazine rings is 1. The Morgan fingerprint density at radius 2 is 2.12 bits per heavy atom. The molecule has 0 bridgehead atoms. The molecule has 2 N–H and O–H groups in total. The molecule has 2 aliphatic rings. The molecule has 2 aromatic carbocycles. The lowest BCUT2D eigenvalue weighted by Crippen LogP contribution is -2.48. The summed E-state index contributed by atoms with van der Waals surface area (Å²) in [7, 11) is 0. The van der Waals surface area contributed by atoms with E-state index in [4.69, 9.17) is 11.6 Å². The van der Waals surface area contributed by atoms with Crippen LogP contribution in [0.5, 0.6) is 0 Å². The Morgan fingerprint density at radius 1 is 1.34 bits per heavy atom. The Bertz CT molecular complexity index is 1270. The second-order valence-corrected chi connectivity index (χ2v) is 8.82. The summed E-state index contributed by atoms with van der Waals surface area (Å²) in [4.78, 5) is 15.7. The van der Waals surface area contributed by atoms with Gasteiger partial charge in [-0.3, -0.25) is 4.79 Å². The number of aromatic nitrogens is 1. The minimum atomic E-state index is -0.855. The number of hydrogen-bond acceptors (Lipinski definition) is 6. The van der Waals surface area contributed by atoms with E-state index >= 15 is 4.39 Å². The monoisotopic (exact) mass is 470 g/mol. The van der Waals surface area contributed by atoms with E-state index in [0.29, 0.717) is 42.8 Å². The summed E-state index contributed by atoms with van der Waals surface area (Å²) in [6, 6.07) is 7.24. The number of benzene rings is 2. The highest BCUT2D eigenvalue weighted by atomic mass is 35.5. The number of nitrogens with one attached hydrogen (secondary N) is 1. The van der Waals surface area contributed by atoms with Gasteiger partial charge in [0, 0.05) is 42.7 Å². The third kappa shape index (κ3) is 3.44. The molecule has 5 rings (SSSR count). The van der Waals surface area contributed by atoms with Crippen molar-refractivity contribution in [2.24, 2.45) is 0 Å². The number of fused-ring (bicyclic) bond motifs is 2. The fourth-order valence-corrected chi connectivity index (χ4v) is 5.40. The smallest absolute Gasteiger partial charge is 0.246 e. The fraction of sp³-hybridized carbons (Fsp3) is 0.217. The normalized spacial score (nSPS) is 17.9. The van der Waals surface area contributed by atoms with Crippen LogP contribution in [0.15, 0.2) is 43.0 Å². The molecule has 1 fully saturated rings. The standard InChI is InChI=1S/C23H20ClFN4O2S/c1-2-18(31)28-8-10-29(11-9-28)23-15-12-16(24)19(20(25)22(15)27-32-23)14-5-3-4-13-6-7-17(30)26-21(13)14/h2-7,12,17,26,30H,1,8-11H2. The highest BCUT2D eigenvalue weighted by Gasteiger charge is 2.26. The van der Waals surface area contributed by atoms with E-state index in [1.807, 2.05) is 12.1 Å². The molecule has 0 radical (unpaired) electrons. The van der Waals surface area contributed by atoms with E-state index in [2.05, 4.69) is 21.2 Å². The third-order valence-electron chi connectivity index (χ3n) is 5.82. The van der Waals surface area contributed by atoms with E-state index in [-0.39, 0.29) is 22.0 Å². The summed E-state index contributed by atoms with van der Waals surface area (Å²) in [5.74, 6) is -0.577. The molecule has 9 heteroatoms. The van der Waals surface area contributed by atoms with Gasteiger partial charge in [-0.2, -0.15) is 4.37 Å². The maximum atomic E-state index is 15.7. The molecule has 164 valence electrons. The molecule has 1 amide bonds. The SMILES string of the molecule is C=CC(=O)N1CCN(c2snc3c(F)c(-c4cccc5c4NC(O)C=C5)c(Cl)cc23)CC1. The van der Waals surface area contributed by atoms with Crippen LogP contribution in [0.1, 0.15) is 5.56 Å². The van der Waals surface area contributed by atoms with Gasteiger partial charge in [0.05, 0.1) is 10.7 Å². The lowest BCUT2D eigenvalue weighted by Gasteiger charge is -2.34. The number of anilines is 2. The van der Waals surface area contributed by atoms with Crippen molar-refractivity contribution in [2.45, 2.75) is 6.23 Å². The van der Waals surface area contributed by atoms with Gasteiger partial charge in [0.2, 0.25) is 5.91 Å². The number of para-hydroxylation sites is 1. The predicted octanol–water partition coefficient (Wildman–Crippen LogP) is 4.35. The lowest BCUT2D eigenvalue weighted by atomic mass is 9.96. The van der Waals surface area contributed by atoms with Gasteiger partial charge < -0.3 is 20.2 Å². The van der Waals surface area contributed by atoms with Crippen molar-refractivity contribution in [1.82, 2.24) is 9.27 Å². The molecule has 3 aromatic rings. The van der Waals surface area contributed by atoms with Gasteiger partial charge in [-0.15, -0.1) is 0 Å². The maximum Gasteiger partial charge on any atom is 0.246 e. The topological polar surface area (TPSA) is 68.7 Å². The van der Waals surface area contributed by atoms with Crippen molar-refractivity contribution in [3.63, 3.8) is 0 Å². The first-order chi connectivity index (χ1) is 15.5. The van der Waals surface area contributed by atoms with Gasteiger partial charge in [0.25, 0.3) is 0 Å². The summed E-state index contributed by atoms with van der Waals surface area (Å²) in [6.07, 6.45) is 3.89. The largest absolute Gasteiger partial charge is 0.370 e. The molecule has 32 heavy (non-hydrogen) atoms. The highest BCUT2D eigenvalue weighted by Crippen LogP contribution is 2.44. The number of amides is 1. The number of aliphatic hydroxyl groups excluding tert-OH is 1. The number of nitrogens with zero attached hydrogens (tertiary/aromatic N) is 3. The Morgan fingerprint density at radius 3 is 2.88 bits per heavy atom. The van der Waals surface area contributed by atoms with Gasteiger partial charge >= 0.3 is 0 Å². The quantitative estimate of drug-likeness (QED) is 0.557. The van der Waals surface area contributed by atoms with Gasteiger partial charge in [-0.1, -0.05) is 42.5 Å². The highest BCUT2D eigenvalue weighted by molar-refractivity contribution is 7.11. The summed E-state index contributed by atoms with van der Waals surface area (Å²) < 4.78 is 20.1. The molecule has 1 atom stereocenters. The van der Waals surface area contributed by atoms with Gasteiger partial charge in [0.1, 0.15) is 16.7 Å². The molecule has 2 aliphatic heterocycles. The summed E-state index contributed by atoms with van der Waals surface area (Å²) >= 11 is 7.85. The fourth-order valence-electron chi connectivity index (χ4n) is 4.20.